The Balaban J connectivity index is 1.91. The third kappa shape index (κ3) is 3.05. The summed E-state index contributed by atoms with van der Waals surface area (Å²) < 4.78 is 0. The minimum atomic E-state index is -0.626. The van der Waals surface area contributed by atoms with Crippen molar-refractivity contribution in [1.29, 1.82) is 5.26 Å². The van der Waals surface area contributed by atoms with E-state index in [1.807, 2.05) is 6.07 Å². The van der Waals surface area contributed by atoms with E-state index in [1.54, 1.807) is 4.90 Å². The molecule has 8 nitrogen and oxygen atoms in total. The third-order valence-electron chi connectivity index (χ3n) is 3.41. The van der Waals surface area contributed by atoms with Gasteiger partial charge >= 0.3 is 11.8 Å². The van der Waals surface area contributed by atoms with Gasteiger partial charge in [-0.1, -0.05) is 0 Å². The Labute approximate surface area is 116 Å². The summed E-state index contributed by atoms with van der Waals surface area (Å²) in [7, 11) is 0. The van der Waals surface area contributed by atoms with Crippen molar-refractivity contribution in [2.45, 2.75) is 12.5 Å². The van der Waals surface area contributed by atoms with Crippen molar-refractivity contribution in [3.8, 4) is 6.07 Å². The molecule has 3 amide bonds. The molecule has 2 heterocycles. The van der Waals surface area contributed by atoms with Gasteiger partial charge in [0.05, 0.1) is 18.5 Å². The Bertz CT molecular complexity index is 458. The van der Waals surface area contributed by atoms with Gasteiger partial charge in [-0.3, -0.25) is 14.4 Å². The van der Waals surface area contributed by atoms with Crippen molar-refractivity contribution in [3.05, 3.63) is 0 Å². The average molecular weight is 279 g/mol. The van der Waals surface area contributed by atoms with Crippen LogP contribution in [0.5, 0.6) is 0 Å². The molecule has 0 radical (unpaired) electrons. The molecule has 108 valence electrons. The summed E-state index contributed by atoms with van der Waals surface area (Å²) in [5.74, 6) is -1.51. The van der Waals surface area contributed by atoms with Gasteiger partial charge in [-0.05, 0) is 0 Å². The Morgan fingerprint density at radius 3 is 3.00 bits per heavy atom. The van der Waals surface area contributed by atoms with Crippen LogP contribution in [0.25, 0.3) is 0 Å². The molecule has 0 spiro atoms. The Hall–Kier alpha value is -2.14. The zero-order valence-electron chi connectivity index (χ0n) is 11.1. The van der Waals surface area contributed by atoms with E-state index < -0.39 is 11.8 Å². The van der Waals surface area contributed by atoms with Crippen molar-refractivity contribution in [1.82, 2.24) is 20.4 Å². The van der Waals surface area contributed by atoms with Crippen LogP contribution in [0.4, 0.5) is 0 Å². The van der Waals surface area contributed by atoms with Gasteiger partial charge in [-0.25, -0.2) is 0 Å². The zero-order valence-corrected chi connectivity index (χ0v) is 11.1. The first-order valence-electron chi connectivity index (χ1n) is 6.57. The largest absolute Gasteiger partial charge is 0.354 e. The van der Waals surface area contributed by atoms with Gasteiger partial charge in [0.2, 0.25) is 5.91 Å². The molecule has 2 fully saturated rings. The third-order valence-corrected chi connectivity index (χ3v) is 3.41. The predicted octanol–water partition coefficient (Wildman–Crippen LogP) is -2.34. The van der Waals surface area contributed by atoms with E-state index in [1.165, 1.54) is 4.90 Å². The molecule has 8 heteroatoms. The first kappa shape index (κ1) is 14.3. The highest BCUT2D eigenvalue weighted by atomic mass is 16.2. The van der Waals surface area contributed by atoms with E-state index in [2.05, 4.69) is 10.6 Å². The van der Waals surface area contributed by atoms with Crippen LogP contribution in [0, 0.1) is 11.3 Å². The summed E-state index contributed by atoms with van der Waals surface area (Å²) in [6.07, 6.45) is 0.221. The van der Waals surface area contributed by atoms with Gasteiger partial charge in [-0.2, -0.15) is 5.26 Å². The summed E-state index contributed by atoms with van der Waals surface area (Å²) in [5, 5.41) is 14.1. The second kappa shape index (κ2) is 6.34. The van der Waals surface area contributed by atoms with Crippen LogP contribution >= 0.6 is 0 Å². The van der Waals surface area contributed by atoms with Crippen LogP contribution in [-0.4, -0.2) is 72.8 Å². The van der Waals surface area contributed by atoms with Crippen LogP contribution in [0.1, 0.15) is 6.42 Å². The first-order chi connectivity index (χ1) is 9.63. The van der Waals surface area contributed by atoms with Crippen LogP contribution in [0.2, 0.25) is 0 Å². The SMILES string of the molecule is N#CCCNC(=O)CN1CC2CNCCN2C(=O)C1=O. The molecule has 0 aromatic heterocycles. The van der Waals surface area contributed by atoms with Crippen molar-refractivity contribution in [2.75, 3.05) is 39.3 Å². The van der Waals surface area contributed by atoms with Gasteiger partial charge in [0.15, 0.2) is 0 Å². The molecule has 1 unspecified atom stereocenters. The standard InChI is InChI=1S/C12H17N5O3/c13-2-1-3-15-10(18)8-16-7-9-6-14-4-5-17(9)12(20)11(16)19/h9,14H,1,3-8H2,(H,15,18). The second-order valence-electron chi connectivity index (χ2n) is 4.80. The molecule has 0 bridgehead atoms. The molecule has 2 aliphatic rings. The molecule has 20 heavy (non-hydrogen) atoms. The van der Waals surface area contributed by atoms with Gasteiger partial charge in [0.25, 0.3) is 0 Å². The number of nitrogens with zero attached hydrogens (tertiary/aromatic N) is 3. The number of hydrogen-bond acceptors (Lipinski definition) is 5. The Morgan fingerprint density at radius 1 is 1.45 bits per heavy atom. The second-order valence-corrected chi connectivity index (χ2v) is 4.80. The number of fused-ring (bicyclic) bond motifs is 1. The van der Waals surface area contributed by atoms with E-state index in [0.29, 0.717) is 26.2 Å². The predicted molar refractivity (Wildman–Crippen MR) is 68.2 cm³/mol. The highest BCUT2D eigenvalue weighted by Crippen LogP contribution is 2.13. The molecule has 2 rings (SSSR count). The minimum Gasteiger partial charge on any atom is -0.354 e. The maximum atomic E-state index is 11.9. The quantitative estimate of drug-likeness (QED) is 0.443. The Morgan fingerprint density at radius 2 is 2.25 bits per heavy atom. The molecule has 1 atom stereocenters. The molecule has 0 aromatic carbocycles. The number of piperazine rings is 2. The zero-order chi connectivity index (χ0) is 14.5. The molecular formula is C12H17N5O3. The summed E-state index contributed by atoms with van der Waals surface area (Å²) >= 11 is 0. The van der Waals surface area contributed by atoms with Gasteiger partial charge in [0.1, 0.15) is 6.54 Å². The van der Waals surface area contributed by atoms with E-state index in [9.17, 15) is 14.4 Å². The van der Waals surface area contributed by atoms with Crippen LogP contribution < -0.4 is 10.6 Å². The number of nitriles is 1. The first-order valence-corrected chi connectivity index (χ1v) is 6.57. The Kier molecular flexibility index (Phi) is 4.53. The smallest absolute Gasteiger partial charge is 0.312 e. The molecule has 2 aliphatic heterocycles. The average Bonchev–Trinajstić information content (AvgIpc) is 2.45. The van der Waals surface area contributed by atoms with Gasteiger partial charge < -0.3 is 20.4 Å². The number of carbonyl (C=O) groups is 3. The van der Waals surface area contributed by atoms with Crippen LogP contribution in [-0.2, 0) is 14.4 Å². The highest BCUT2D eigenvalue weighted by Gasteiger charge is 2.40. The van der Waals surface area contributed by atoms with Crippen LogP contribution in [0.15, 0.2) is 0 Å². The molecule has 2 saturated heterocycles. The number of rotatable bonds is 4. The maximum absolute atomic E-state index is 11.9. The number of hydrogen-bond donors (Lipinski definition) is 2. The molecule has 0 aliphatic carbocycles. The van der Waals surface area contributed by atoms with E-state index in [4.69, 9.17) is 5.26 Å². The number of nitrogens with one attached hydrogen (secondary N) is 2. The van der Waals surface area contributed by atoms with Crippen molar-refractivity contribution in [3.63, 3.8) is 0 Å². The summed E-state index contributed by atoms with van der Waals surface area (Å²) in [6.45, 7) is 2.32. The van der Waals surface area contributed by atoms with Crippen molar-refractivity contribution in [2.24, 2.45) is 0 Å². The molecular weight excluding hydrogens is 262 g/mol. The molecule has 0 saturated carbocycles. The fourth-order valence-corrected chi connectivity index (χ4v) is 2.41. The lowest BCUT2D eigenvalue weighted by Gasteiger charge is -2.43. The summed E-state index contributed by atoms with van der Waals surface area (Å²) in [6, 6.07) is 1.85. The molecule has 2 N–H and O–H groups in total. The fraction of sp³-hybridized carbons (Fsp3) is 0.667. The van der Waals surface area contributed by atoms with E-state index >= 15 is 0 Å². The van der Waals surface area contributed by atoms with Crippen molar-refractivity contribution < 1.29 is 14.4 Å². The number of amides is 3. The molecule has 0 aromatic rings. The van der Waals surface area contributed by atoms with E-state index in [0.717, 1.165) is 0 Å². The highest BCUT2D eigenvalue weighted by molar-refractivity contribution is 6.35. The monoisotopic (exact) mass is 279 g/mol. The summed E-state index contributed by atoms with van der Waals surface area (Å²) in [5.41, 5.74) is 0. The fourth-order valence-electron chi connectivity index (χ4n) is 2.41. The normalized spacial score (nSPS) is 22.2. The maximum Gasteiger partial charge on any atom is 0.312 e. The van der Waals surface area contributed by atoms with E-state index in [-0.39, 0.29) is 31.5 Å². The van der Waals surface area contributed by atoms with Crippen LogP contribution in [0.3, 0.4) is 0 Å². The lowest BCUT2D eigenvalue weighted by molar-refractivity contribution is -0.160. The van der Waals surface area contributed by atoms with Gasteiger partial charge in [0, 0.05) is 32.7 Å². The van der Waals surface area contributed by atoms with Crippen molar-refractivity contribution >= 4 is 17.7 Å². The van der Waals surface area contributed by atoms with Gasteiger partial charge in [-0.15, -0.1) is 0 Å². The lowest BCUT2D eigenvalue weighted by atomic mass is 10.1. The topological polar surface area (TPSA) is 106 Å². The minimum absolute atomic E-state index is 0.0686. The lowest BCUT2D eigenvalue weighted by Crippen LogP contribution is -2.66. The number of carbonyl (C=O) groups excluding carboxylic acids is 3. The summed E-state index contributed by atoms with van der Waals surface area (Å²) in [4.78, 5) is 38.4.